The van der Waals surface area contributed by atoms with Gasteiger partial charge in [0.05, 0.1) is 24.4 Å². The van der Waals surface area contributed by atoms with E-state index in [1.165, 1.54) is 4.90 Å². The van der Waals surface area contributed by atoms with Gasteiger partial charge in [0.2, 0.25) is 0 Å². The molecule has 6 nitrogen and oxygen atoms in total. The van der Waals surface area contributed by atoms with Gasteiger partial charge in [-0.05, 0) is 19.1 Å². The monoisotopic (exact) mass is 264 g/mol. The summed E-state index contributed by atoms with van der Waals surface area (Å²) >= 11 is 0. The molecule has 19 heavy (non-hydrogen) atoms. The zero-order valence-electron chi connectivity index (χ0n) is 10.7. The lowest BCUT2D eigenvalue weighted by Gasteiger charge is -2.32. The number of amides is 1. The van der Waals surface area contributed by atoms with E-state index < -0.39 is 11.7 Å². The smallest absolute Gasteiger partial charge is 0.407 e. The average molecular weight is 264 g/mol. The van der Waals surface area contributed by atoms with Crippen LogP contribution in [0.3, 0.4) is 0 Å². The van der Waals surface area contributed by atoms with Crippen LogP contribution >= 0.6 is 0 Å². The summed E-state index contributed by atoms with van der Waals surface area (Å²) in [4.78, 5) is 18.1. The van der Waals surface area contributed by atoms with Gasteiger partial charge in [0.25, 0.3) is 0 Å². The number of rotatable bonds is 1. The molecule has 0 aromatic carbocycles. The zero-order valence-corrected chi connectivity index (χ0v) is 10.7. The van der Waals surface area contributed by atoms with Crippen LogP contribution in [0.25, 0.3) is 0 Å². The lowest BCUT2D eigenvalue weighted by Crippen LogP contribution is -2.47. The van der Waals surface area contributed by atoms with Crippen molar-refractivity contribution >= 4 is 11.8 Å². The first-order chi connectivity index (χ1) is 9.12. The van der Waals surface area contributed by atoms with Crippen molar-refractivity contribution in [1.29, 1.82) is 0 Å². The minimum absolute atomic E-state index is 0.0435. The molecule has 3 aliphatic heterocycles. The van der Waals surface area contributed by atoms with Gasteiger partial charge >= 0.3 is 6.09 Å². The van der Waals surface area contributed by atoms with E-state index in [4.69, 9.17) is 14.7 Å². The van der Waals surface area contributed by atoms with Crippen LogP contribution in [0.5, 0.6) is 0 Å². The molecule has 102 valence electrons. The highest BCUT2D eigenvalue weighted by Crippen LogP contribution is 2.41. The lowest BCUT2D eigenvalue weighted by molar-refractivity contribution is -0.0586. The van der Waals surface area contributed by atoms with Crippen molar-refractivity contribution in [3.8, 4) is 0 Å². The molecule has 1 fully saturated rings. The molecule has 1 saturated heterocycles. The maximum atomic E-state index is 11.1. The average Bonchev–Trinajstić information content (AvgIpc) is 2.97. The van der Waals surface area contributed by atoms with Crippen LogP contribution in [-0.4, -0.2) is 46.6 Å². The number of carboxylic acid groups (broad SMARTS) is 1. The van der Waals surface area contributed by atoms with Crippen molar-refractivity contribution < 1.29 is 19.5 Å². The Bertz CT molecular complexity index is 485. The molecular weight excluding hydrogens is 248 g/mol. The van der Waals surface area contributed by atoms with Gasteiger partial charge < -0.3 is 19.6 Å². The summed E-state index contributed by atoms with van der Waals surface area (Å²) in [6.45, 7) is 2.71. The molecule has 1 amide bonds. The third kappa shape index (κ3) is 1.87. The Labute approximate surface area is 111 Å². The van der Waals surface area contributed by atoms with E-state index in [-0.39, 0.29) is 12.0 Å². The fraction of sp³-hybridized carbons (Fsp3) is 0.538. The molecule has 3 rings (SSSR count). The molecular formula is C13H16N2O4. The van der Waals surface area contributed by atoms with Gasteiger partial charge in [0.1, 0.15) is 6.10 Å². The second-order valence-electron chi connectivity index (χ2n) is 5.13. The summed E-state index contributed by atoms with van der Waals surface area (Å²) in [5.74, 6) is -0.0435. The first kappa shape index (κ1) is 12.1. The van der Waals surface area contributed by atoms with E-state index in [9.17, 15) is 4.79 Å². The molecule has 0 saturated carbocycles. The summed E-state index contributed by atoms with van der Waals surface area (Å²) < 4.78 is 5.62. The normalized spacial score (nSPS) is 36.3. The van der Waals surface area contributed by atoms with E-state index in [0.29, 0.717) is 19.5 Å². The predicted molar refractivity (Wildman–Crippen MR) is 67.8 cm³/mol. The minimum atomic E-state index is -0.913. The van der Waals surface area contributed by atoms with Crippen molar-refractivity contribution in [1.82, 2.24) is 4.90 Å². The summed E-state index contributed by atoms with van der Waals surface area (Å²) in [7, 11) is 0. The Morgan fingerprint density at radius 3 is 3.05 bits per heavy atom. The maximum absolute atomic E-state index is 11.1. The highest BCUT2D eigenvalue weighted by molar-refractivity contribution is 5.87. The number of oxime groups is 1. The second kappa shape index (κ2) is 4.29. The third-order valence-electron chi connectivity index (χ3n) is 3.98. The quantitative estimate of drug-likeness (QED) is 0.780. The van der Waals surface area contributed by atoms with E-state index in [1.807, 2.05) is 25.2 Å². The number of hydrogen-bond donors (Lipinski definition) is 1. The third-order valence-corrected chi connectivity index (χ3v) is 3.98. The largest absolute Gasteiger partial charge is 0.493 e. The number of hydrogen-bond acceptors (Lipinski definition) is 4. The van der Waals surface area contributed by atoms with Crippen LogP contribution in [0, 0.1) is 5.92 Å². The van der Waals surface area contributed by atoms with E-state index in [0.717, 1.165) is 5.71 Å². The molecule has 0 bridgehead atoms. The number of nitrogens with zero attached hydrogens (tertiary/aromatic N) is 2. The molecule has 3 unspecified atom stereocenters. The van der Waals surface area contributed by atoms with E-state index >= 15 is 0 Å². The van der Waals surface area contributed by atoms with Crippen molar-refractivity contribution in [3.05, 3.63) is 24.5 Å². The number of likely N-dealkylation sites (tertiary alicyclic amines) is 1. The van der Waals surface area contributed by atoms with Crippen molar-refractivity contribution in [2.45, 2.75) is 25.0 Å². The highest BCUT2D eigenvalue weighted by Gasteiger charge is 2.56. The summed E-state index contributed by atoms with van der Waals surface area (Å²) in [5.41, 5.74) is 0.278. The molecule has 3 heterocycles. The number of carbonyl (C=O) groups is 1. The minimum Gasteiger partial charge on any atom is -0.493 e. The Morgan fingerprint density at radius 2 is 2.42 bits per heavy atom. The van der Waals surface area contributed by atoms with E-state index in [1.54, 1.807) is 6.26 Å². The standard InChI is InChI=1S/C13H16N2O4/c1-9-11(10-4-2-3-7-18-10)13(19-14-9)5-6-15(8-13)12(16)17/h2-4,7,10-11H,5-6,8H2,1H3,(H,16,17). The van der Waals surface area contributed by atoms with Gasteiger partial charge in [-0.1, -0.05) is 11.2 Å². The Hall–Kier alpha value is -1.98. The van der Waals surface area contributed by atoms with Crippen molar-refractivity contribution in [2.75, 3.05) is 13.1 Å². The molecule has 1 N–H and O–H groups in total. The Kier molecular flexibility index (Phi) is 2.73. The van der Waals surface area contributed by atoms with Crippen LogP contribution in [0.15, 0.2) is 29.6 Å². The van der Waals surface area contributed by atoms with E-state index in [2.05, 4.69) is 5.16 Å². The predicted octanol–water partition coefficient (Wildman–Crippen LogP) is 1.60. The lowest BCUT2D eigenvalue weighted by atomic mass is 9.79. The topological polar surface area (TPSA) is 71.4 Å². The Balaban J connectivity index is 1.84. The number of ether oxygens (including phenoxy) is 1. The molecule has 0 aromatic rings. The van der Waals surface area contributed by atoms with Gasteiger partial charge in [-0.2, -0.15) is 0 Å². The molecule has 6 heteroatoms. The Morgan fingerprint density at radius 1 is 1.58 bits per heavy atom. The molecule has 3 aliphatic rings. The fourth-order valence-corrected chi connectivity index (χ4v) is 3.08. The molecule has 0 aromatic heterocycles. The first-order valence-electron chi connectivity index (χ1n) is 6.32. The SMILES string of the molecule is CC1=NOC2(CCN(C(=O)O)C2)C1C1C=CC=CO1. The second-order valence-corrected chi connectivity index (χ2v) is 5.13. The van der Waals surface area contributed by atoms with Crippen LogP contribution in [-0.2, 0) is 9.57 Å². The van der Waals surface area contributed by atoms with Crippen LogP contribution in [0.2, 0.25) is 0 Å². The van der Waals surface area contributed by atoms with Crippen LogP contribution in [0.4, 0.5) is 4.79 Å². The van der Waals surface area contributed by atoms with Gasteiger partial charge in [0.15, 0.2) is 5.60 Å². The van der Waals surface area contributed by atoms with Crippen molar-refractivity contribution in [3.63, 3.8) is 0 Å². The summed E-state index contributed by atoms with van der Waals surface area (Å²) in [6.07, 6.45) is 6.94. The summed E-state index contributed by atoms with van der Waals surface area (Å²) in [5, 5.41) is 13.2. The van der Waals surface area contributed by atoms with Gasteiger partial charge in [0, 0.05) is 13.0 Å². The molecule has 0 radical (unpaired) electrons. The highest BCUT2D eigenvalue weighted by atomic mass is 16.7. The van der Waals surface area contributed by atoms with Crippen LogP contribution in [0.1, 0.15) is 13.3 Å². The van der Waals surface area contributed by atoms with Crippen LogP contribution < -0.4 is 0 Å². The molecule has 0 aliphatic carbocycles. The fourth-order valence-electron chi connectivity index (χ4n) is 3.08. The first-order valence-corrected chi connectivity index (χ1v) is 6.32. The van der Waals surface area contributed by atoms with Gasteiger partial charge in [-0.25, -0.2) is 4.79 Å². The van der Waals surface area contributed by atoms with Gasteiger partial charge in [-0.15, -0.1) is 0 Å². The zero-order chi connectivity index (χ0) is 13.5. The van der Waals surface area contributed by atoms with Crippen molar-refractivity contribution in [2.24, 2.45) is 11.1 Å². The summed E-state index contributed by atoms with van der Waals surface area (Å²) in [6, 6.07) is 0. The van der Waals surface area contributed by atoms with Gasteiger partial charge in [-0.3, -0.25) is 0 Å². The maximum Gasteiger partial charge on any atom is 0.407 e. The molecule has 1 spiro atoms. The molecule has 3 atom stereocenters. The number of allylic oxidation sites excluding steroid dienone is 2.